The van der Waals surface area contributed by atoms with Crippen LogP contribution in [0, 0.1) is 0 Å². The molecule has 0 radical (unpaired) electrons. The van der Waals surface area contributed by atoms with Crippen molar-refractivity contribution in [2.75, 3.05) is 25.9 Å². The highest BCUT2D eigenvalue weighted by Crippen LogP contribution is 2.08. The highest BCUT2D eigenvalue weighted by atomic mass is 35.5. The molecule has 1 N–H and O–H groups in total. The topological polar surface area (TPSA) is 56.8 Å². The number of carbonyl (C=O) groups is 1. The van der Waals surface area contributed by atoms with Crippen molar-refractivity contribution >= 4 is 25.8 Å². The number of hydrogen-bond donors (Lipinski definition) is 1. The summed E-state index contributed by atoms with van der Waals surface area (Å²) < 4.78 is 15.9. The Morgan fingerprint density at radius 3 is 2.33 bits per heavy atom. The maximum Gasteiger partial charge on any atom is 0.407 e. The summed E-state index contributed by atoms with van der Waals surface area (Å²) in [6.45, 7) is 13.5. The van der Waals surface area contributed by atoms with Gasteiger partial charge in [-0.3, -0.25) is 0 Å². The molecule has 1 amide bonds. The third kappa shape index (κ3) is 14.4. The molecule has 0 spiro atoms. The van der Waals surface area contributed by atoms with Crippen LogP contribution in [0.1, 0.15) is 20.8 Å². The minimum Gasteiger partial charge on any atom is -0.444 e. The standard InChI is InChI=1S/C14H30ClNO4Si/c1-14(2,3)20-13(17)16-12(9-15)10-19-11-18-7-8-21(4,5)6/h12H,7-11H2,1-6H3,(H,16,17)/t12-/m0/s1. The normalized spacial score (nSPS) is 13.9. The molecule has 0 unspecified atom stereocenters. The lowest BCUT2D eigenvalue weighted by Crippen LogP contribution is -2.42. The van der Waals surface area contributed by atoms with Crippen molar-refractivity contribution in [3.8, 4) is 0 Å². The number of alkyl halides is 1. The Balaban J connectivity index is 3.78. The van der Waals surface area contributed by atoms with Gasteiger partial charge in [0.25, 0.3) is 0 Å². The summed E-state index contributed by atoms with van der Waals surface area (Å²) in [5, 5.41) is 2.67. The van der Waals surface area contributed by atoms with Crippen LogP contribution in [0.2, 0.25) is 25.7 Å². The van der Waals surface area contributed by atoms with Crippen LogP contribution in [0.15, 0.2) is 0 Å². The second-order valence-corrected chi connectivity index (χ2v) is 13.1. The summed E-state index contributed by atoms with van der Waals surface area (Å²) in [7, 11) is -1.07. The monoisotopic (exact) mass is 339 g/mol. The Morgan fingerprint density at radius 1 is 1.24 bits per heavy atom. The highest BCUT2D eigenvalue weighted by molar-refractivity contribution is 6.76. The van der Waals surface area contributed by atoms with Crippen molar-refractivity contribution in [1.29, 1.82) is 0 Å². The molecule has 0 rings (SSSR count). The lowest BCUT2D eigenvalue weighted by Gasteiger charge is -2.22. The lowest BCUT2D eigenvalue weighted by molar-refractivity contribution is -0.0548. The Hall–Kier alpha value is -0.303. The van der Waals surface area contributed by atoms with Crippen molar-refractivity contribution in [2.45, 2.75) is 58.1 Å². The molecular formula is C14H30ClNO4Si. The van der Waals surface area contributed by atoms with E-state index in [1.54, 1.807) is 0 Å². The van der Waals surface area contributed by atoms with E-state index in [-0.39, 0.29) is 18.7 Å². The van der Waals surface area contributed by atoms with Crippen molar-refractivity contribution in [3.05, 3.63) is 0 Å². The summed E-state index contributed by atoms with van der Waals surface area (Å²) in [5.41, 5.74) is -0.526. The van der Waals surface area contributed by atoms with Crippen LogP contribution in [0.4, 0.5) is 4.79 Å². The van der Waals surface area contributed by atoms with Gasteiger partial charge in [-0.15, -0.1) is 11.6 Å². The fourth-order valence-electron chi connectivity index (χ4n) is 1.29. The number of halogens is 1. The quantitative estimate of drug-likeness (QED) is 0.302. The first-order valence-corrected chi connectivity index (χ1v) is 11.5. The molecule has 0 aromatic rings. The van der Waals surface area contributed by atoms with Crippen molar-refractivity contribution in [1.82, 2.24) is 5.32 Å². The Kier molecular flexibility index (Phi) is 9.52. The maximum atomic E-state index is 11.6. The molecule has 5 nitrogen and oxygen atoms in total. The van der Waals surface area contributed by atoms with Crippen molar-refractivity contribution in [3.63, 3.8) is 0 Å². The summed E-state index contributed by atoms with van der Waals surface area (Å²) in [6, 6.07) is 0.813. The average molecular weight is 340 g/mol. The first-order valence-electron chi connectivity index (χ1n) is 7.24. The second-order valence-electron chi connectivity index (χ2n) is 7.21. The molecule has 1 atom stereocenters. The highest BCUT2D eigenvalue weighted by Gasteiger charge is 2.19. The molecule has 0 aromatic carbocycles. The van der Waals surface area contributed by atoms with Crippen LogP contribution in [0.5, 0.6) is 0 Å². The predicted molar refractivity (Wildman–Crippen MR) is 88.8 cm³/mol. The molecule has 126 valence electrons. The minimum absolute atomic E-state index is 0.216. The van der Waals surface area contributed by atoms with E-state index in [1.165, 1.54) is 0 Å². The smallest absolute Gasteiger partial charge is 0.407 e. The first-order chi connectivity index (χ1) is 9.53. The summed E-state index contributed by atoms with van der Waals surface area (Å²) in [6.07, 6.45) is -0.489. The summed E-state index contributed by atoms with van der Waals surface area (Å²) >= 11 is 5.80. The zero-order chi connectivity index (χ0) is 16.5. The zero-order valence-electron chi connectivity index (χ0n) is 14.1. The van der Waals surface area contributed by atoms with Gasteiger partial charge in [-0.05, 0) is 26.8 Å². The Bertz CT molecular complexity index is 302. The van der Waals surface area contributed by atoms with E-state index in [0.29, 0.717) is 13.2 Å². The summed E-state index contributed by atoms with van der Waals surface area (Å²) in [4.78, 5) is 11.6. The summed E-state index contributed by atoms with van der Waals surface area (Å²) in [5.74, 6) is 0.258. The second kappa shape index (κ2) is 9.66. The van der Waals surface area contributed by atoms with Gasteiger partial charge in [-0.25, -0.2) is 4.79 Å². The molecule has 21 heavy (non-hydrogen) atoms. The average Bonchev–Trinajstić information content (AvgIpc) is 2.28. The predicted octanol–water partition coefficient (Wildman–Crippen LogP) is 3.45. The van der Waals surface area contributed by atoms with Gasteiger partial charge in [0.1, 0.15) is 12.4 Å². The Labute approximate surface area is 134 Å². The molecule has 0 saturated heterocycles. The van der Waals surface area contributed by atoms with E-state index < -0.39 is 19.8 Å². The number of amides is 1. The molecule has 0 bridgehead atoms. The number of rotatable bonds is 9. The van der Waals surface area contributed by atoms with Gasteiger partial charge in [0.2, 0.25) is 0 Å². The largest absolute Gasteiger partial charge is 0.444 e. The fourth-order valence-corrected chi connectivity index (χ4v) is 2.21. The first kappa shape index (κ1) is 20.7. The van der Waals surface area contributed by atoms with Gasteiger partial charge in [0.15, 0.2) is 0 Å². The number of ether oxygens (including phenoxy) is 3. The third-order valence-corrected chi connectivity index (χ3v) is 4.47. The fraction of sp³-hybridized carbons (Fsp3) is 0.929. The Morgan fingerprint density at radius 2 is 1.86 bits per heavy atom. The van der Waals surface area contributed by atoms with Gasteiger partial charge in [-0.1, -0.05) is 19.6 Å². The third-order valence-electron chi connectivity index (χ3n) is 2.39. The zero-order valence-corrected chi connectivity index (χ0v) is 15.9. The van der Waals surface area contributed by atoms with Gasteiger partial charge < -0.3 is 19.5 Å². The minimum atomic E-state index is -1.07. The van der Waals surface area contributed by atoms with E-state index in [9.17, 15) is 4.79 Å². The molecule has 0 aromatic heterocycles. The maximum absolute atomic E-state index is 11.6. The van der Waals surface area contributed by atoms with Crippen LogP contribution >= 0.6 is 11.6 Å². The van der Waals surface area contributed by atoms with E-state index in [4.69, 9.17) is 25.8 Å². The lowest BCUT2D eigenvalue weighted by atomic mass is 10.2. The molecular weight excluding hydrogens is 310 g/mol. The molecule has 0 fully saturated rings. The van der Waals surface area contributed by atoms with Crippen LogP contribution in [-0.2, 0) is 14.2 Å². The number of alkyl carbamates (subject to hydrolysis) is 1. The molecule has 0 aliphatic rings. The van der Waals surface area contributed by atoms with Crippen LogP contribution in [0.3, 0.4) is 0 Å². The van der Waals surface area contributed by atoms with E-state index in [1.807, 2.05) is 20.8 Å². The van der Waals surface area contributed by atoms with Crippen molar-refractivity contribution in [2.24, 2.45) is 0 Å². The molecule has 7 heteroatoms. The van der Waals surface area contributed by atoms with Crippen molar-refractivity contribution < 1.29 is 19.0 Å². The molecule has 0 aliphatic carbocycles. The van der Waals surface area contributed by atoms with E-state index in [2.05, 4.69) is 25.0 Å². The van der Waals surface area contributed by atoms with E-state index >= 15 is 0 Å². The van der Waals surface area contributed by atoms with Crippen LogP contribution in [0.25, 0.3) is 0 Å². The van der Waals surface area contributed by atoms with Gasteiger partial charge in [0.05, 0.1) is 12.6 Å². The molecule has 0 aliphatic heterocycles. The molecule has 0 saturated carbocycles. The van der Waals surface area contributed by atoms with Crippen LogP contribution < -0.4 is 5.32 Å². The number of hydrogen-bond acceptors (Lipinski definition) is 4. The van der Waals surface area contributed by atoms with Gasteiger partial charge in [-0.2, -0.15) is 0 Å². The number of carbonyl (C=O) groups excluding carboxylic acids is 1. The van der Waals surface area contributed by atoms with E-state index in [0.717, 1.165) is 6.04 Å². The SMILES string of the molecule is CC(C)(C)OC(=O)N[C@@H](CCl)COCOCC[Si](C)(C)C. The van der Waals surface area contributed by atoms with Gasteiger partial charge >= 0.3 is 6.09 Å². The molecule has 0 heterocycles. The van der Waals surface area contributed by atoms with Gasteiger partial charge in [0, 0.05) is 20.6 Å². The van der Waals surface area contributed by atoms with Crippen LogP contribution in [-0.4, -0.2) is 51.7 Å². The number of nitrogens with one attached hydrogen (secondary N) is 1.